The van der Waals surface area contributed by atoms with Gasteiger partial charge in [-0.3, -0.25) is 9.59 Å². The van der Waals surface area contributed by atoms with Crippen molar-refractivity contribution in [2.45, 2.75) is 45.1 Å². The van der Waals surface area contributed by atoms with Gasteiger partial charge in [0.25, 0.3) is 0 Å². The molecule has 2 N–H and O–H groups in total. The molecule has 4 rings (SSSR count). The van der Waals surface area contributed by atoms with Crippen LogP contribution in [0.1, 0.15) is 50.2 Å². The molecule has 2 aliphatic rings. The third kappa shape index (κ3) is 5.08. The number of carboxylic acid groups (broad SMARTS) is 1. The molecule has 7 nitrogen and oxygen atoms in total. The van der Waals surface area contributed by atoms with Gasteiger partial charge in [-0.05, 0) is 47.4 Å². The number of amides is 2. The zero-order chi connectivity index (χ0) is 24.2. The molecule has 34 heavy (non-hydrogen) atoms. The molecule has 0 radical (unpaired) electrons. The van der Waals surface area contributed by atoms with E-state index in [-0.39, 0.29) is 30.9 Å². The Hall–Kier alpha value is -3.35. The van der Waals surface area contributed by atoms with E-state index in [1.165, 1.54) is 0 Å². The molecule has 1 aliphatic carbocycles. The summed E-state index contributed by atoms with van der Waals surface area (Å²) in [5.41, 5.74) is 4.55. The molecule has 0 saturated carbocycles. The first kappa shape index (κ1) is 23.8. The van der Waals surface area contributed by atoms with Crippen LogP contribution in [-0.4, -0.2) is 53.7 Å². The standard InChI is InChI=1S/C27H32N2O5/c1-17(2)14-24(25(30)29-13-7-8-18(15-29)26(31)32)28-27(33)34-16-23-21-11-5-3-9-19(21)20-10-4-6-12-22(20)23/h3-6,9-12,17-18,23-24H,7-8,13-16H2,1-2H3,(H,28,33)(H,31,32)/t18-,24+/m1/s1. The highest BCUT2D eigenvalue weighted by Crippen LogP contribution is 2.44. The molecule has 0 unspecified atom stereocenters. The number of nitrogens with zero attached hydrogens (tertiary/aromatic N) is 1. The van der Waals surface area contributed by atoms with E-state index in [2.05, 4.69) is 29.6 Å². The van der Waals surface area contributed by atoms with Crippen LogP contribution < -0.4 is 5.32 Å². The number of carbonyl (C=O) groups excluding carboxylic acids is 2. The highest BCUT2D eigenvalue weighted by Gasteiger charge is 2.34. The summed E-state index contributed by atoms with van der Waals surface area (Å²) in [6.07, 6.45) is 1.03. The first-order valence-corrected chi connectivity index (χ1v) is 12.0. The Balaban J connectivity index is 1.42. The average molecular weight is 465 g/mol. The first-order valence-electron chi connectivity index (χ1n) is 12.0. The van der Waals surface area contributed by atoms with Gasteiger partial charge in [-0.25, -0.2) is 4.79 Å². The molecule has 2 amide bonds. The maximum absolute atomic E-state index is 13.2. The van der Waals surface area contributed by atoms with Crippen molar-refractivity contribution in [2.75, 3.05) is 19.7 Å². The second kappa shape index (κ2) is 10.3. The summed E-state index contributed by atoms with van der Waals surface area (Å²) in [5, 5.41) is 12.1. The zero-order valence-corrected chi connectivity index (χ0v) is 19.7. The van der Waals surface area contributed by atoms with E-state index < -0.39 is 24.0 Å². The molecule has 180 valence electrons. The lowest BCUT2D eigenvalue weighted by Gasteiger charge is -2.34. The fraction of sp³-hybridized carbons (Fsp3) is 0.444. The van der Waals surface area contributed by atoms with Gasteiger partial charge in [-0.1, -0.05) is 62.4 Å². The number of likely N-dealkylation sites (tertiary alicyclic amines) is 1. The lowest BCUT2D eigenvalue weighted by Crippen LogP contribution is -2.52. The second-order valence-corrected chi connectivity index (χ2v) is 9.61. The van der Waals surface area contributed by atoms with E-state index in [0.717, 1.165) is 22.3 Å². The summed E-state index contributed by atoms with van der Waals surface area (Å²) < 4.78 is 5.63. The van der Waals surface area contributed by atoms with Crippen molar-refractivity contribution < 1.29 is 24.2 Å². The van der Waals surface area contributed by atoms with Gasteiger partial charge in [0.15, 0.2) is 0 Å². The second-order valence-electron chi connectivity index (χ2n) is 9.61. The van der Waals surface area contributed by atoms with Gasteiger partial charge in [-0.2, -0.15) is 0 Å². The maximum atomic E-state index is 13.2. The van der Waals surface area contributed by atoms with Crippen LogP contribution >= 0.6 is 0 Å². The van der Waals surface area contributed by atoms with Crippen LogP contribution in [0, 0.1) is 11.8 Å². The molecule has 2 atom stereocenters. The van der Waals surface area contributed by atoms with Crippen LogP contribution in [0.15, 0.2) is 48.5 Å². The fourth-order valence-corrected chi connectivity index (χ4v) is 5.07. The van der Waals surface area contributed by atoms with Crippen LogP contribution in [0.25, 0.3) is 11.1 Å². The van der Waals surface area contributed by atoms with E-state index in [4.69, 9.17) is 4.74 Å². The Morgan fingerprint density at radius 3 is 2.26 bits per heavy atom. The summed E-state index contributed by atoms with van der Waals surface area (Å²) in [6.45, 7) is 4.82. The monoisotopic (exact) mass is 464 g/mol. The Morgan fingerprint density at radius 1 is 1.06 bits per heavy atom. The van der Waals surface area contributed by atoms with Gasteiger partial charge in [-0.15, -0.1) is 0 Å². The number of carbonyl (C=O) groups is 3. The molecule has 1 heterocycles. The largest absolute Gasteiger partial charge is 0.481 e. The number of nitrogens with one attached hydrogen (secondary N) is 1. The van der Waals surface area contributed by atoms with Crippen molar-refractivity contribution in [3.63, 3.8) is 0 Å². The Labute approximate surface area is 200 Å². The zero-order valence-electron chi connectivity index (χ0n) is 19.7. The Morgan fingerprint density at radius 2 is 1.68 bits per heavy atom. The number of ether oxygens (including phenoxy) is 1. The molecular weight excluding hydrogens is 432 g/mol. The van der Waals surface area contributed by atoms with Crippen molar-refractivity contribution >= 4 is 18.0 Å². The van der Waals surface area contributed by atoms with Gasteiger partial charge >= 0.3 is 12.1 Å². The molecule has 0 aromatic heterocycles. The molecule has 0 bridgehead atoms. The third-order valence-corrected chi connectivity index (χ3v) is 6.72. The summed E-state index contributed by atoms with van der Waals surface area (Å²) in [6, 6.07) is 15.5. The summed E-state index contributed by atoms with van der Waals surface area (Å²) in [7, 11) is 0. The Bertz CT molecular complexity index is 1020. The van der Waals surface area contributed by atoms with Gasteiger partial charge in [0, 0.05) is 19.0 Å². The first-order chi connectivity index (χ1) is 16.3. The number of carboxylic acids is 1. The number of hydrogen-bond acceptors (Lipinski definition) is 4. The van der Waals surface area contributed by atoms with Crippen molar-refractivity contribution in [1.82, 2.24) is 10.2 Å². The minimum Gasteiger partial charge on any atom is -0.481 e. The quantitative estimate of drug-likeness (QED) is 0.638. The van der Waals surface area contributed by atoms with E-state index in [1.807, 2.05) is 38.1 Å². The topological polar surface area (TPSA) is 95.9 Å². The number of fused-ring (bicyclic) bond motifs is 3. The lowest BCUT2D eigenvalue weighted by atomic mass is 9.96. The van der Waals surface area contributed by atoms with E-state index >= 15 is 0 Å². The molecule has 7 heteroatoms. The average Bonchev–Trinajstić information content (AvgIpc) is 3.15. The van der Waals surface area contributed by atoms with Crippen molar-refractivity contribution in [2.24, 2.45) is 11.8 Å². The van der Waals surface area contributed by atoms with E-state index in [9.17, 15) is 19.5 Å². The van der Waals surface area contributed by atoms with Crippen molar-refractivity contribution in [1.29, 1.82) is 0 Å². The molecule has 2 aromatic rings. The number of hydrogen-bond donors (Lipinski definition) is 2. The van der Waals surface area contributed by atoms with Gasteiger partial charge in [0.2, 0.25) is 5.91 Å². The van der Waals surface area contributed by atoms with Crippen LogP contribution in [-0.2, 0) is 14.3 Å². The highest BCUT2D eigenvalue weighted by molar-refractivity contribution is 5.86. The summed E-state index contributed by atoms with van der Waals surface area (Å²) in [5.74, 6) is -1.58. The fourth-order valence-electron chi connectivity index (χ4n) is 5.07. The minimum absolute atomic E-state index is 0.0594. The number of benzene rings is 2. The third-order valence-electron chi connectivity index (χ3n) is 6.72. The molecule has 1 aliphatic heterocycles. The molecular formula is C27H32N2O5. The normalized spacial score (nSPS) is 18.2. The van der Waals surface area contributed by atoms with Crippen molar-refractivity contribution in [3.8, 4) is 11.1 Å². The summed E-state index contributed by atoms with van der Waals surface area (Å²) in [4.78, 5) is 38.9. The van der Waals surface area contributed by atoms with E-state index in [1.54, 1.807) is 4.90 Å². The van der Waals surface area contributed by atoms with Crippen LogP contribution in [0.4, 0.5) is 4.79 Å². The van der Waals surface area contributed by atoms with Crippen LogP contribution in [0.5, 0.6) is 0 Å². The predicted molar refractivity (Wildman–Crippen MR) is 128 cm³/mol. The van der Waals surface area contributed by atoms with Crippen molar-refractivity contribution in [3.05, 3.63) is 59.7 Å². The number of alkyl carbamates (subject to hydrolysis) is 1. The predicted octanol–water partition coefficient (Wildman–Crippen LogP) is 4.26. The highest BCUT2D eigenvalue weighted by atomic mass is 16.5. The molecule has 2 aromatic carbocycles. The Kier molecular flexibility index (Phi) is 7.20. The maximum Gasteiger partial charge on any atom is 0.407 e. The van der Waals surface area contributed by atoms with Gasteiger partial charge in [0.1, 0.15) is 12.6 Å². The summed E-state index contributed by atoms with van der Waals surface area (Å²) >= 11 is 0. The number of aliphatic carboxylic acids is 1. The minimum atomic E-state index is -0.887. The molecule has 1 fully saturated rings. The molecule has 1 saturated heterocycles. The SMILES string of the molecule is CC(C)C[C@H](NC(=O)OCC1c2ccccc2-c2ccccc21)C(=O)N1CCC[C@@H](C(=O)O)C1. The number of rotatable bonds is 7. The smallest absolute Gasteiger partial charge is 0.407 e. The number of piperidine rings is 1. The van der Waals surface area contributed by atoms with Crippen LogP contribution in [0.2, 0.25) is 0 Å². The lowest BCUT2D eigenvalue weighted by molar-refractivity contribution is -0.146. The van der Waals surface area contributed by atoms with Crippen LogP contribution in [0.3, 0.4) is 0 Å². The van der Waals surface area contributed by atoms with Gasteiger partial charge in [0.05, 0.1) is 5.92 Å². The van der Waals surface area contributed by atoms with E-state index in [0.29, 0.717) is 25.8 Å². The molecule has 0 spiro atoms. The van der Waals surface area contributed by atoms with Gasteiger partial charge < -0.3 is 20.1 Å².